The number of thioether (sulfide) groups is 1. The summed E-state index contributed by atoms with van der Waals surface area (Å²) in [6.45, 7) is 2.37. The Bertz CT molecular complexity index is 1360. The van der Waals surface area contributed by atoms with Gasteiger partial charge in [-0.05, 0) is 100 Å². The van der Waals surface area contributed by atoms with Crippen molar-refractivity contribution in [3.8, 4) is 11.5 Å². The van der Waals surface area contributed by atoms with Crippen LogP contribution >= 0.6 is 39.3 Å². The topological polar surface area (TPSA) is 99.0 Å². The van der Waals surface area contributed by atoms with Crippen LogP contribution in [0.25, 0.3) is 6.08 Å². The van der Waals surface area contributed by atoms with Gasteiger partial charge < -0.3 is 9.47 Å². The van der Waals surface area contributed by atoms with Gasteiger partial charge in [0.25, 0.3) is 16.8 Å². The number of non-ortho nitro benzene ring substituents is 1. The Hall–Kier alpha value is -3.34. The minimum atomic E-state index is -0.461. The lowest BCUT2D eigenvalue weighted by molar-refractivity contribution is -0.384. The third kappa shape index (κ3) is 5.72. The van der Waals surface area contributed by atoms with Gasteiger partial charge in [0.15, 0.2) is 11.5 Å². The maximum absolute atomic E-state index is 13.0. The highest BCUT2D eigenvalue weighted by Crippen LogP contribution is 2.40. The zero-order chi connectivity index (χ0) is 25.8. The summed E-state index contributed by atoms with van der Waals surface area (Å²) < 4.78 is 12.3. The second-order valence-electron chi connectivity index (χ2n) is 7.47. The molecular formula is C25H18BrClN2O6S. The maximum Gasteiger partial charge on any atom is 0.298 e. The molecular weight excluding hydrogens is 572 g/mol. The summed E-state index contributed by atoms with van der Waals surface area (Å²) in [5, 5.41) is 11.0. The Morgan fingerprint density at radius 3 is 2.42 bits per heavy atom. The molecule has 0 aromatic heterocycles. The summed E-state index contributed by atoms with van der Waals surface area (Å²) in [5.41, 5.74) is 1.82. The van der Waals surface area contributed by atoms with Gasteiger partial charge in [0, 0.05) is 17.2 Å². The Morgan fingerprint density at radius 2 is 1.78 bits per heavy atom. The van der Waals surface area contributed by atoms with Crippen LogP contribution in [0.1, 0.15) is 18.1 Å². The van der Waals surface area contributed by atoms with E-state index in [1.165, 1.54) is 12.1 Å². The predicted molar refractivity (Wildman–Crippen MR) is 143 cm³/mol. The van der Waals surface area contributed by atoms with Crippen molar-refractivity contribution in [3.05, 3.63) is 96.3 Å². The molecule has 0 aliphatic carbocycles. The molecule has 4 rings (SSSR count). The van der Waals surface area contributed by atoms with E-state index in [1.807, 2.05) is 6.92 Å². The SMILES string of the molecule is CCOc1cc(/C=C2/SC(=O)N(c3ccc(Cl)cc3)C2=O)cc(Br)c1OCc1ccc([N+](=O)[O-])cc1. The highest BCUT2D eigenvalue weighted by molar-refractivity contribution is 9.10. The van der Waals surface area contributed by atoms with Crippen molar-refractivity contribution in [3.63, 3.8) is 0 Å². The van der Waals surface area contributed by atoms with Gasteiger partial charge in [0.05, 0.1) is 26.6 Å². The van der Waals surface area contributed by atoms with Crippen LogP contribution in [0, 0.1) is 10.1 Å². The van der Waals surface area contributed by atoms with Crippen molar-refractivity contribution < 1.29 is 24.0 Å². The number of hydrogen-bond donors (Lipinski definition) is 0. The van der Waals surface area contributed by atoms with E-state index < -0.39 is 16.1 Å². The molecule has 1 aliphatic rings. The third-order valence-electron chi connectivity index (χ3n) is 5.04. The van der Waals surface area contributed by atoms with Crippen LogP contribution in [0.2, 0.25) is 5.02 Å². The molecule has 3 aromatic carbocycles. The van der Waals surface area contributed by atoms with E-state index in [2.05, 4.69) is 15.9 Å². The molecule has 8 nitrogen and oxygen atoms in total. The van der Waals surface area contributed by atoms with Gasteiger partial charge in [-0.25, -0.2) is 4.90 Å². The Labute approximate surface area is 224 Å². The third-order valence-corrected chi connectivity index (χ3v) is 6.75. The largest absolute Gasteiger partial charge is 0.490 e. The molecule has 0 unspecified atom stereocenters. The molecule has 0 radical (unpaired) electrons. The second kappa shape index (κ2) is 11.2. The number of anilines is 1. The summed E-state index contributed by atoms with van der Waals surface area (Å²) >= 11 is 10.3. The Balaban J connectivity index is 1.57. The van der Waals surface area contributed by atoms with Gasteiger partial charge in [-0.15, -0.1) is 0 Å². The molecule has 11 heteroatoms. The molecule has 36 heavy (non-hydrogen) atoms. The van der Waals surface area contributed by atoms with Crippen LogP contribution in [0.5, 0.6) is 11.5 Å². The van der Waals surface area contributed by atoms with E-state index >= 15 is 0 Å². The highest BCUT2D eigenvalue weighted by Gasteiger charge is 2.36. The lowest BCUT2D eigenvalue weighted by Crippen LogP contribution is -2.27. The van der Waals surface area contributed by atoms with Crippen molar-refractivity contribution in [1.82, 2.24) is 0 Å². The first kappa shape index (κ1) is 25.7. The molecule has 1 saturated heterocycles. The van der Waals surface area contributed by atoms with E-state index in [0.717, 1.165) is 22.2 Å². The van der Waals surface area contributed by atoms with Crippen LogP contribution in [-0.4, -0.2) is 22.7 Å². The number of nitro benzene ring substituents is 1. The van der Waals surface area contributed by atoms with E-state index in [0.29, 0.717) is 38.9 Å². The number of nitro groups is 1. The zero-order valence-electron chi connectivity index (χ0n) is 18.8. The van der Waals surface area contributed by atoms with E-state index in [1.54, 1.807) is 54.6 Å². The number of amides is 2. The normalized spacial score (nSPS) is 14.4. The smallest absolute Gasteiger partial charge is 0.298 e. The highest BCUT2D eigenvalue weighted by atomic mass is 79.9. The number of hydrogen-bond acceptors (Lipinski definition) is 7. The molecule has 0 spiro atoms. The summed E-state index contributed by atoms with van der Waals surface area (Å²) in [5.74, 6) is 0.457. The lowest BCUT2D eigenvalue weighted by atomic mass is 10.1. The fourth-order valence-corrected chi connectivity index (χ4v) is 4.92. The number of nitrogens with zero attached hydrogens (tertiary/aromatic N) is 2. The van der Waals surface area contributed by atoms with Crippen molar-refractivity contribution in [2.75, 3.05) is 11.5 Å². The first-order chi connectivity index (χ1) is 17.3. The molecule has 1 aliphatic heterocycles. The number of carbonyl (C=O) groups excluding carboxylic acids is 2. The first-order valence-corrected chi connectivity index (χ1v) is 12.6. The molecule has 1 heterocycles. The van der Waals surface area contributed by atoms with Gasteiger partial charge in [-0.1, -0.05) is 11.6 Å². The van der Waals surface area contributed by atoms with Crippen LogP contribution in [0.4, 0.5) is 16.2 Å². The molecule has 0 bridgehead atoms. The second-order valence-corrected chi connectivity index (χ2v) is 9.75. The van der Waals surface area contributed by atoms with E-state index in [4.69, 9.17) is 21.1 Å². The van der Waals surface area contributed by atoms with Gasteiger partial charge in [0.2, 0.25) is 0 Å². The average molecular weight is 590 g/mol. The molecule has 184 valence electrons. The van der Waals surface area contributed by atoms with Crippen molar-refractivity contribution in [1.29, 1.82) is 0 Å². The number of carbonyl (C=O) groups is 2. The van der Waals surface area contributed by atoms with Crippen LogP contribution in [0.3, 0.4) is 0 Å². The Morgan fingerprint density at radius 1 is 1.08 bits per heavy atom. The lowest BCUT2D eigenvalue weighted by Gasteiger charge is -2.15. The summed E-state index contributed by atoms with van der Waals surface area (Å²) in [6, 6.07) is 16.0. The quantitative estimate of drug-likeness (QED) is 0.155. The van der Waals surface area contributed by atoms with Crippen LogP contribution in [0.15, 0.2) is 70.0 Å². The summed E-state index contributed by atoms with van der Waals surface area (Å²) in [7, 11) is 0. The molecule has 0 atom stereocenters. The molecule has 0 saturated carbocycles. The number of rotatable bonds is 8. The average Bonchev–Trinajstić information content (AvgIpc) is 3.12. The summed E-state index contributed by atoms with van der Waals surface area (Å²) in [4.78, 5) is 37.3. The molecule has 1 fully saturated rings. The van der Waals surface area contributed by atoms with Crippen LogP contribution in [-0.2, 0) is 11.4 Å². The van der Waals surface area contributed by atoms with Gasteiger partial charge in [0.1, 0.15) is 6.61 Å². The fourth-order valence-electron chi connectivity index (χ4n) is 3.38. The number of halogens is 2. The van der Waals surface area contributed by atoms with Crippen LogP contribution < -0.4 is 14.4 Å². The first-order valence-electron chi connectivity index (χ1n) is 10.6. The zero-order valence-corrected chi connectivity index (χ0v) is 21.9. The monoisotopic (exact) mass is 588 g/mol. The maximum atomic E-state index is 13.0. The number of imide groups is 1. The fraction of sp³-hybridized carbons (Fsp3) is 0.120. The number of benzene rings is 3. The standard InChI is InChI=1S/C25H18BrClN2O6S/c1-2-34-21-12-16(11-20(26)23(21)35-14-15-3-7-19(8-4-15)29(32)33)13-22-24(30)28(25(31)36-22)18-9-5-17(27)6-10-18/h3-13H,2,14H2,1H3/b22-13+. The van der Waals surface area contributed by atoms with Crippen molar-refractivity contribution >= 4 is 67.9 Å². The van der Waals surface area contributed by atoms with Gasteiger partial charge in [-0.3, -0.25) is 19.7 Å². The van der Waals surface area contributed by atoms with Gasteiger partial charge >= 0.3 is 0 Å². The van der Waals surface area contributed by atoms with Gasteiger partial charge in [-0.2, -0.15) is 0 Å². The van der Waals surface area contributed by atoms with E-state index in [9.17, 15) is 19.7 Å². The van der Waals surface area contributed by atoms with E-state index in [-0.39, 0.29) is 17.2 Å². The number of ether oxygens (including phenoxy) is 2. The molecule has 0 N–H and O–H groups in total. The summed E-state index contributed by atoms with van der Waals surface area (Å²) in [6.07, 6.45) is 1.62. The Kier molecular flexibility index (Phi) is 7.97. The minimum absolute atomic E-state index is 0.000217. The molecule has 2 amide bonds. The van der Waals surface area contributed by atoms with Crippen molar-refractivity contribution in [2.24, 2.45) is 0 Å². The predicted octanol–water partition coefficient (Wildman–Crippen LogP) is 7.23. The molecule has 3 aromatic rings. The van der Waals surface area contributed by atoms with Crippen molar-refractivity contribution in [2.45, 2.75) is 13.5 Å². The minimum Gasteiger partial charge on any atom is -0.490 e.